The predicted octanol–water partition coefficient (Wildman–Crippen LogP) is 3.40. The van der Waals surface area contributed by atoms with E-state index in [2.05, 4.69) is 10.1 Å². The number of benzene rings is 2. The van der Waals surface area contributed by atoms with Crippen LogP contribution in [0.1, 0.15) is 15.9 Å². The van der Waals surface area contributed by atoms with Crippen molar-refractivity contribution in [2.45, 2.75) is 13.0 Å². The molecule has 2 rings (SSSR count). The van der Waals surface area contributed by atoms with Crippen LogP contribution >= 0.6 is 0 Å². The van der Waals surface area contributed by atoms with Gasteiger partial charge in [-0.15, -0.1) is 0 Å². The lowest BCUT2D eigenvalue weighted by molar-refractivity contribution is -0.0498. The van der Waals surface area contributed by atoms with E-state index >= 15 is 0 Å². The van der Waals surface area contributed by atoms with Crippen LogP contribution in [-0.2, 0) is 6.42 Å². The Hall–Kier alpha value is -2.50. The molecule has 0 saturated carbocycles. The van der Waals surface area contributed by atoms with Gasteiger partial charge < -0.3 is 10.1 Å². The van der Waals surface area contributed by atoms with Crippen molar-refractivity contribution < 1.29 is 22.7 Å². The van der Waals surface area contributed by atoms with Gasteiger partial charge in [-0.1, -0.05) is 12.1 Å². The van der Waals surface area contributed by atoms with Gasteiger partial charge in [0.1, 0.15) is 11.6 Å². The first-order valence-corrected chi connectivity index (χ1v) is 6.62. The lowest BCUT2D eigenvalue weighted by atomic mass is 10.1. The predicted molar refractivity (Wildman–Crippen MR) is 75.5 cm³/mol. The van der Waals surface area contributed by atoms with E-state index in [1.807, 2.05) is 0 Å². The molecular formula is C16H14F3NO2. The molecule has 0 aliphatic rings. The monoisotopic (exact) mass is 309 g/mol. The molecule has 0 aliphatic heterocycles. The highest BCUT2D eigenvalue weighted by Gasteiger charge is 2.06. The number of carbonyl (C=O) groups is 1. The van der Waals surface area contributed by atoms with Crippen LogP contribution in [0.4, 0.5) is 13.2 Å². The first kappa shape index (κ1) is 15.9. The van der Waals surface area contributed by atoms with Gasteiger partial charge in [-0.25, -0.2) is 4.39 Å². The molecule has 0 aliphatic carbocycles. The third-order valence-electron chi connectivity index (χ3n) is 2.95. The van der Waals surface area contributed by atoms with Gasteiger partial charge in [0.25, 0.3) is 5.91 Å². The van der Waals surface area contributed by atoms with Crippen molar-refractivity contribution in [1.82, 2.24) is 5.32 Å². The third kappa shape index (κ3) is 4.80. The maximum Gasteiger partial charge on any atom is 0.387 e. The maximum absolute atomic E-state index is 12.7. The molecule has 0 radical (unpaired) electrons. The molecule has 0 heterocycles. The van der Waals surface area contributed by atoms with Gasteiger partial charge in [-0.05, 0) is 48.4 Å². The van der Waals surface area contributed by atoms with Crippen LogP contribution in [0.25, 0.3) is 0 Å². The molecule has 1 amide bonds. The van der Waals surface area contributed by atoms with E-state index < -0.39 is 12.4 Å². The number of rotatable bonds is 6. The zero-order chi connectivity index (χ0) is 15.9. The minimum atomic E-state index is -2.85. The SMILES string of the molecule is O=C(NCCc1ccc(OC(F)F)cc1)c1ccc(F)cc1. The maximum atomic E-state index is 12.7. The van der Waals surface area contributed by atoms with Crippen molar-refractivity contribution in [3.05, 3.63) is 65.5 Å². The van der Waals surface area contributed by atoms with Gasteiger partial charge in [0.2, 0.25) is 0 Å². The fourth-order valence-corrected chi connectivity index (χ4v) is 1.86. The highest BCUT2D eigenvalue weighted by molar-refractivity contribution is 5.94. The zero-order valence-electron chi connectivity index (χ0n) is 11.6. The number of halogens is 3. The number of alkyl halides is 2. The standard InChI is InChI=1S/C16H14F3NO2/c17-13-5-3-12(4-6-13)15(21)20-10-9-11-1-7-14(8-2-11)22-16(18)19/h1-8,16H,9-10H2,(H,20,21). The summed E-state index contributed by atoms with van der Waals surface area (Å²) in [7, 11) is 0. The third-order valence-corrected chi connectivity index (χ3v) is 2.95. The molecule has 116 valence electrons. The molecule has 0 aromatic heterocycles. The highest BCUT2D eigenvalue weighted by atomic mass is 19.3. The van der Waals surface area contributed by atoms with Crippen LogP contribution in [0.5, 0.6) is 5.75 Å². The summed E-state index contributed by atoms with van der Waals surface area (Å²) in [6.45, 7) is -2.47. The molecule has 6 heteroatoms. The largest absolute Gasteiger partial charge is 0.435 e. The number of amides is 1. The average molecular weight is 309 g/mol. The second-order valence-corrected chi connectivity index (χ2v) is 4.54. The number of ether oxygens (including phenoxy) is 1. The Morgan fingerprint density at radius 2 is 1.68 bits per heavy atom. The van der Waals surface area contributed by atoms with E-state index in [-0.39, 0.29) is 11.7 Å². The van der Waals surface area contributed by atoms with E-state index in [9.17, 15) is 18.0 Å². The van der Waals surface area contributed by atoms with Crippen LogP contribution in [0.15, 0.2) is 48.5 Å². The van der Waals surface area contributed by atoms with Gasteiger partial charge in [0.15, 0.2) is 0 Å². The fourth-order valence-electron chi connectivity index (χ4n) is 1.86. The van der Waals surface area contributed by atoms with Crippen molar-refractivity contribution in [2.24, 2.45) is 0 Å². The van der Waals surface area contributed by atoms with E-state index in [1.54, 1.807) is 12.1 Å². The Labute approximate surface area is 125 Å². The molecular weight excluding hydrogens is 295 g/mol. The summed E-state index contributed by atoms with van der Waals surface area (Å²) in [4.78, 5) is 11.8. The van der Waals surface area contributed by atoms with Crippen molar-refractivity contribution in [2.75, 3.05) is 6.54 Å². The molecule has 0 saturated heterocycles. The molecule has 0 atom stereocenters. The summed E-state index contributed by atoms with van der Waals surface area (Å²) in [5, 5.41) is 2.70. The molecule has 0 unspecified atom stereocenters. The van der Waals surface area contributed by atoms with Crippen LogP contribution in [0.3, 0.4) is 0 Å². The molecule has 0 fully saturated rings. The first-order chi connectivity index (χ1) is 10.5. The van der Waals surface area contributed by atoms with E-state index in [0.717, 1.165) is 5.56 Å². The van der Waals surface area contributed by atoms with Crippen LogP contribution in [0.2, 0.25) is 0 Å². The topological polar surface area (TPSA) is 38.3 Å². The number of nitrogens with one attached hydrogen (secondary N) is 1. The Morgan fingerprint density at radius 3 is 2.27 bits per heavy atom. The summed E-state index contributed by atoms with van der Waals surface area (Å²) in [6, 6.07) is 11.5. The fraction of sp³-hybridized carbons (Fsp3) is 0.188. The van der Waals surface area contributed by atoms with Crippen molar-refractivity contribution in [1.29, 1.82) is 0 Å². The van der Waals surface area contributed by atoms with Gasteiger partial charge in [0, 0.05) is 12.1 Å². The van der Waals surface area contributed by atoms with Crippen LogP contribution < -0.4 is 10.1 Å². The summed E-state index contributed by atoms with van der Waals surface area (Å²) in [6.07, 6.45) is 0.544. The second-order valence-electron chi connectivity index (χ2n) is 4.54. The smallest absolute Gasteiger partial charge is 0.387 e. The van der Waals surface area contributed by atoms with E-state index in [0.29, 0.717) is 18.5 Å². The number of hydrogen-bond acceptors (Lipinski definition) is 2. The summed E-state index contributed by atoms with van der Waals surface area (Å²) < 4.78 is 41.0. The van der Waals surface area contributed by atoms with E-state index in [4.69, 9.17) is 0 Å². The van der Waals surface area contributed by atoms with Crippen molar-refractivity contribution in [3.63, 3.8) is 0 Å². The molecule has 1 N–H and O–H groups in total. The zero-order valence-corrected chi connectivity index (χ0v) is 11.6. The lowest BCUT2D eigenvalue weighted by Crippen LogP contribution is -2.25. The molecule has 2 aromatic rings. The Kier molecular flexibility index (Phi) is 5.41. The van der Waals surface area contributed by atoms with Crippen molar-refractivity contribution >= 4 is 5.91 Å². The van der Waals surface area contributed by atoms with Crippen LogP contribution in [0, 0.1) is 5.82 Å². The average Bonchev–Trinajstić information content (AvgIpc) is 2.49. The molecule has 3 nitrogen and oxygen atoms in total. The summed E-state index contributed by atoms with van der Waals surface area (Å²) in [5.74, 6) is -0.602. The number of carbonyl (C=O) groups excluding carboxylic acids is 1. The quantitative estimate of drug-likeness (QED) is 0.888. The van der Waals surface area contributed by atoms with Crippen molar-refractivity contribution in [3.8, 4) is 5.75 Å². The molecule has 22 heavy (non-hydrogen) atoms. The molecule has 0 bridgehead atoms. The Balaban J connectivity index is 1.80. The van der Waals surface area contributed by atoms with Gasteiger partial charge in [-0.3, -0.25) is 4.79 Å². The lowest BCUT2D eigenvalue weighted by Gasteiger charge is -2.07. The Morgan fingerprint density at radius 1 is 1.05 bits per heavy atom. The van der Waals surface area contributed by atoms with Crippen LogP contribution in [-0.4, -0.2) is 19.1 Å². The normalized spacial score (nSPS) is 10.5. The minimum absolute atomic E-state index is 0.0918. The summed E-state index contributed by atoms with van der Waals surface area (Å²) in [5.41, 5.74) is 1.25. The Bertz CT molecular complexity index is 612. The molecule has 0 spiro atoms. The first-order valence-electron chi connectivity index (χ1n) is 6.62. The minimum Gasteiger partial charge on any atom is -0.435 e. The van der Waals surface area contributed by atoms with Gasteiger partial charge in [-0.2, -0.15) is 8.78 Å². The van der Waals surface area contributed by atoms with E-state index in [1.165, 1.54) is 36.4 Å². The molecule has 2 aromatic carbocycles. The van der Waals surface area contributed by atoms with Gasteiger partial charge in [0.05, 0.1) is 0 Å². The van der Waals surface area contributed by atoms with Gasteiger partial charge >= 0.3 is 6.61 Å². The number of hydrogen-bond donors (Lipinski definition) is 1. The second kappa shape index (κ2) is 7.49. The summed E-state index contributed by atoms with van der Waals surface area (Å²) >= 11 is 0. The highest BCUT2D eigenvalue weighted by Crippen LogP contribution is 2.15.